The standard InChI is InChI=1S/C22H27FN4O.HI/c1-3-24-22(27-14-20(28)18-8-4-5-10-19(18)23)25-12-11-16-13-26-21-15(2)7-6-9-17(16)21;/h4-10,13,20,26,28H,3,11-12,14H2,1-2H3,(H2,24,25,27);1H. The van der Waals surface area contributed by atoms with E-state index in [1.54, 1.807) is 18.2 Å². The molecule has 0 fully saturated rings. The minimum absolute atomic E-state index is 0. The number of aliphatic imine (C=N–C) groups is 1. The van der Waals surface area contributed by atoms with E-state index in [1.807, 2.05) is 13.1 Å². The van der Waals surface area contributed by atoms with Crippen LogP contribution in [0.4, 0.5) is 4.39 Å². The van der Waals surface area contributed by atoms with Crippen LogP contribution in [0.1, 0.15) is 29.7 Å². The van der Waals surface area contributed by atoms with Crippen LogP contribution in [0.3, 0.4) is 0 Å². The van der Waals surface area contributed by atoms with E-state index in [2.05, 4.69) is 45.7 Å². The number of aliphatic hydroxyl groups is 1. The van der Waals surface area contributed by atoms with Crippen molar-refractivity contribution < 1.29 is 9.50 Å². The third kappa shape index (κ3) is 5.93. The van der Waals surface area contributed by atoms with Crippen molar-refractivity contribution in [1.82, 2.24) is 15.6 Å². The third-order valence-electron chi connectivity index (χ3n) is 4.73. The van der Waals surface area contributed by atoms with Crippen LogP contribution in [0.5, 0.6) is 0 Å². The summed E-state index contributed by atoms with van der Waals surface area (Å²) in [6, 6.07) is 12.5. The average molecular weight is 510 g/mol. The Hall–Kier alpha value is -2.13. The van der Waals surface area contributed by atoms with Crippen molar-refractivity contribution in [3.63, 3.8) is 0 Å². The number of nitrogens with one attached hydrogen (secondary N) is 3. The topological polar surface area (TPSA) is 72.4 Å². The van der Waals surface area contributed by atoms with Gasteiger partial charge in [-0.3, -0.25) is 4.99 Å². The van der Waals surface area contributed by atoms with E-state index in [1.165, 1.54) is 28.1 Å². The number of guanidine groups is 1. The fourth-order valence-electron chi connectivity index (χ4n) is 3.25. The molecule has 4 N–H and O–H groups in total. The predicted octanol–water partition coefficient (Wildman–Crippen LogP) is 4.06. The van der Waals surface area contributed by atoms with Crippen LogP contribution in [-0.2, 0) is 6.42 Å². The number of hydrogen-bond acceptors (Lipinski definition) is 2. The van der Waals surface area contributed by atoms with E-state index in [0.717, 1.165) is 6.42 Å². The van der Waals surface area contributed by atoms with Crippen molar-refractivity contribution in [3.05, 3.63) is 71.2 Å². The molecule has 156 valence electrons. The molecular weight excluding hydrogens is 482 g/mol. The van der Waals surface area contributed by atoms with Gasteiger partial charge in [-0.2, -0.15) is 0 Å². The van der Waals surface area contributed by atoms with E-state index >= 15 is 0 Å². The molecular formula is C22H28FIN4O. The molecule has 3 aromatic rings. The molecule has 0 amide bonds. The second-order valence-corrected chi connectivity index (χ2v) is 6.75. The summed E-state index contributed by atoms with van der Waals surface area (Å²) in [5.74, 6) is 0.187. The Kier molecular flexibility index (Phi) is 8.91. The highest BCUT2D eigenvalue weighted by Crippen LogP contribution is 2.21. The SMILES string of the molecule is CCNC(=NCC(O)c1ccccc1F)NCCc1c[nH]c2c(C)cccc12.I. The molecule has 0 saturated heterocycles. The van der Waals surface area contributed by atoms with Gasteiger partial charge in [0.05, 0.1) is 6.54 Å². The first-order valence-electron chi connectivity index (χ1n) is 9.60. The maximum Gasteiger partial charge on any atom is 0.191 e. The largest absolute Gasteiger partial charge is 0.386 e. The van der Waals surface area contributed by atoms with E-state index in [9.17, 15) is 9.50 Å². The Morgan fingerprint density at radius 1 is 1.17 bits per heavy atom. The van der Waals surface area contributed by atoms with Crippen LogP contribution in [-0.4, -0.2) is 35.7 Å². The van der Waals surface area contributed by atoms with Crippen LogP contribution in [0, 0.1) is 12.7 Å². The average Bonchev–Trinajstić information content (AvgIpc) is 3.11. The van der Waals surface area contributed by atoms with Crippen LogP contribution in [0.2, 0.25) is 0 Å². The van der Waals surface area contributed by atoms with Crippen LogP contribution in [0.15, 0.2) is 53.7 Å². The highest BCUT2D eigenvalue weighted by molar-refractivity contribution is 14.0. The van der Waals surface area contributed by atoms with Gasteiger partial charge in [0, 0.05) is 35.8 Å². The Bertz CT molecular complexity index is 957. The number of aromatic nitrogens is 1. The number of aryl methyl sites for hydroxylation is 1. The fraction of sp³-hybridized carbons (Fsp3) is 0.318. The van der Waals surface area contributed by atoms with Crippen molar-refractivity contribution in [2.45, 2.75) is 26.4 Å². The second-order valence-electron chi connectivity index (χ2n) is 6.75. The van der Waals surface area contributed by atoms with Crippen molar-refractivity contribution in [2.24, 2.45) is 4.99 Å². The molecule has 2 aromatic carbocycles. The first-order valence-corrected chi connectivity index (χ1v) is 9.60. The van der Waals surface area contributed by atoms with Crippen molar-refractivity contribution >= 4 is 40.8 Å². The summed E-state index contributed by atoms with van der Waals surface area (Å²) >= 11 is 0. The van der Waals surface area contributed by atoms with Gasteiger partial charge < -0.3 is 20.7 Å². The van der Waals surface area contributed by atoms with E-state index in [4.69, 9.17) is 0 Å². The smallest absolute Gasteiger partial charge is 0.191 e. The maximum atomic E-state index is 13.8. The van der Waals surface area contributed by atoms with Crippen molar-refractivity contribution in [3.8, 4) is 0 Å². The Balaban J connectivity index is 0.00000300. The number of aromatic amines is 1. The summed E-state index contributed by atoms with van der Waals surface area (Å²) in [7, 11) is 0. The van der Waals surface area contributed by atoms with Crippen LogP contribution in [0.25, 0.3) is 10.9 Å². The number of aliphatic hydroxyl groups excluding tert-OH is 1. The molecule has 3 rings (SSSR count). The molecule has 0 aliphatic carbocycles. The zero-order chi connectivity index (χ0) is 19.9. The van der Waals surface area contributed by atoms with E-state index in [-0.39, 0.29) is 36.1 Å². The van der Waals surface area contributed by atoms with Crippen molar-refractivity contribution in [2.75, 3.05) is 19.6 Å². The Labute approximate surface area is 187 Å². The summed E-state index contributed by atoms with van der Waals surface area (Å²) in [5, 5.41) is 17.9. The number of nitrogens with zero attached hydrogens (tertiary/aromatic N) is 1. The summed E-state index contributed by atoms with van der Waals surface area (Å²) in [5.41, 5.74) is 3.91. The molecule has 0 aliphatic rings. The number of rotatable bonds is 7. The van der Waals surface area contributed by atoms with Gasteiger partial charge in [-0.1, -0.05) is 36.4 Å². The third-order valence-corrected chi connectivity index (χ3v) is 4.73. The van der Waals surface area contributed by atoms with Crippen LogP contribution < -0.4 is 10.6 Å². The fourth-order valence-corrected chi connectivity index (χ4v) is 3.25. The van der Waals surface area contributed by atoms with Crippen molar-refractivity contribution in [1.29, 1.82) is 0 Å². The lowest BCUT2D eigenvalue weighted by molar-refractivity contribution is 0.182. The van der Waals surface area contributed by atoms with Crippen LogP contribution >= 0.6 is 24.0 Å². The lowest BCUT2D eigenvalue weighted by Crippen LogP contribution is -2.38. The molecule has 1 heterocycles. The van der Waals surface area contributed by atoms with Gasteiger partial charge in [-0.05, 0) is 37.5 Å². The molecule has 1 atom stereocenters. The van der Waals surface area contributed by atoms with Gasteiger partial charge in [0.2, 0.25) is 0 Å². The molecule has 1 aromatic heterocycles. The molecule has 7 heteroatoms. The molecule has 0 aliphatic heterocycles. The first kappa shape index (κ1) is 23.2. The normalized spacial score (nSPS) is 12.5. The first-order chi connectivity index (χ1) is 13.6. The van der Waals surface area contributed by atoms with E-state index < -0.39 is 11.9 Å². The van der Waals surface area contributed by atoms with Gasteiger partial charge in [-0.25, -0.2) is 4.39 Å². The monoisotopic (exact) mass is 510 g/mol. The van der Waals surface area contributed by atoms with Gasteiger partial charge >= 0.3 is 0 Å². The number of halogens is 2. The van der Waals surface area contributed by atoms with Gasteiger partial charge in [-0.15, -0.1) is 24.0 Å². The van der Waals surface area contributed by atoms with E-state index in [0.29, 0.717) is 19.0 Å². The van der Waals surface area contributed by atoms with Gasteiger partial charge in [0.15, 0.2) is 5.96 Å². The lowest BCUT2D eigenvalue weighted by atomic mass is 10.1. The number of para-hydroxylation sites is 1. The molecule has 0 spiro atoms. The summed E-state index contributed by atoms with van der Waals surface area (Å²) < 4.78 is 13.8. The Morgan fingerprint density at radius 3 is 2.72 bits per heavy atom. The number of benzene rings is 2. The van der Waals surface area contributed by atoms with Gasteiger partial charge in [0.1, 0.15) is 11.9 Å². The number of H-pyrrole nitrogens is 1. The quantitative estimate of drug-likeness (QED) is 0.220. The molecule has 1 unspecified atom stereocenters. The predicted molar refractivity (Wildman–Crippen MR) is 127 cm³/mol. The summed E-state index contributed by atoms with van der Waals surface area (Å²) in [4.78, 5) is 7.74. The second kappa shape index (κ2) is 11.2. The molecule has 0 saturated carbocycles. The minimum Gasteiger partial charge on any atom is -0.386 e. The number of hydrogen-bond donors (Lipinski definition) is 4. The highest BCUT2D eigenvalue weighted by Gasteiger charge is 2.12. The zero-order valence-corrected chi connectivity index (χ0v) is 19.0. The molecule has 29 heavy (non-hydrogen) atoms. The van der Waals surface area contributed by atoms with Gasteiger partial charge in [0.25, 0.3) is 0 Å². The number of fused-ring (bicyclic) bond motifs is 1. The molecule has 0 bridgehead atoms. The lowest BCUT2D eigenvalue weighted by Gasteiger charge is -2.13. The Morgan fingerprint density at radius 2 is 1.97 bits per heavy atom. The molecule has 5 nitrogen and oxygen atoms in total. The molecule has 0 radical (unpaired) electrons. The zero-order valence-electron chi connectivity index (χ0n) is 16.7. The maximum absolute atomic E-state index is 13.8. The summed E-state index contributed by atoms with van der Waals surface area (Å²) in [6.07, 6.45) is 1.91. The minimum atomic E-state index is -0.978. The summed E-state index contributed by atoms with van der Waals surface area (Å²) in [6.45, 7) is 5.56. The highest BCUT2D eigenvalue weighted by atomic mass is 127.